The molecule has 2 aliphatic rings. The van der Waals surface area contributed by atoms with Crippen LogP contribution in [0.3, 0.4) is 0 Å². The maximum Gasteiger partial charge on any atom is 0.231 e. The van der Waals surface area contributed by atoms with E-state index in [0.717, 1.165) is 18.0 Å². The Kier molecular flexibility index (Phi) is 5.98. The highest BCUT2D eigenvalue weighted by Gasteiger charge is 2.18. The summed E-state index contributed by atoms with van der Waals surface area (Å²) in [4.78, 5) is 5.16. The van der Waals surface area contributed by atoms with Gasteiger partial charge in [0, 0.05) is 38.3 Å². The minimum atomic E-state index is 0.331. The Hall–Kier alpha value is -1.30. The lowest BCUT2D eigenvalue weighted by atomic mass is 10.1. The zero-order valence-electron chi connectivity index (χ0n) is 15.3. The molecule has 1 fully saturated rings. The normalized spacial score (nSPS) is 19.8. The third-order valence-electron chi connectivity index (χ3n) is 5.14. The second-order valence-electron chi connectivity index (χ2n) is 7.11. The third-order valence-corrected chi connectivity index (χ3v) is 5.14. The molecule has 134 valence electrons. The summed E-state index contributed by atoms with van der Waals surface area (Å²) < 4.78 is 10.8. The highest BCUT2D eigenvalue weighted by molar-refractivity contribution is 5.45. The molecule has 2 heterocycles. The monoisotopic (exact) mass is 333 g/mol. The van der Waals surface area contributed by atoms with E-state index < -0.39 is 0 Å². The zero-order valence-corrected chi connectivity index (χ0v) is 15.3. The molecule has 1 aromatic carbocycles. The van der Waals surface area contributed by atoms with Crippen molar-refractivity contribution in [2.75, 3.05) is 46.1 Å². The summed E-state index contributed by atoms with van der Waals surface area (Å²) in [6.07, 6.45) is 1.19. The molecular weight excluding hydrogens is 302 g/mol. The highest BCUT2D eigenvalue weighted by atomic mass is 16.7. The summed E-state index contributed by atoms with van der Waals surface area (Å²) in [6.45, 7) is 14.2. The fourth-order valence-electron chi connectivity index (χ4n) is 3.42. The van der Waals surface area contributed by atoms with Gasteiger partial charge < -0.3 is 19.7 Å². The van der Waals surface area contributed by atoms with Gasteiger partial charge in [-0.15, -0.1) is 0 Å². The standard InChI is InChI=1S/C19H31N3O2/c1-15(2)22-11-9-21(10-12-22)8-4-7-20-16(3)17-5-6-18-19(13-17)24-14-23-18/h5-6,13,15-16,20H,4,7-12,14H2,1-3H3/t16-/m1/s1. The lowest BCUT2D eigenvalue weighted by molar-refractivity contribution is 0.107. The van der Waals surface area contributed by atoms with Gasteiger partial charge in [0.25, 0.3) is 0 Å². The summed E-state index contributed by atoms with van der Waals surface area (Å²) in [7, 11) is 0. The van der Waals surface area contributed by atoms with Crippen molar-refractivity contribution in [3.63, 3.8) is 0 Å². The second kappa shape index (κ2) is 8.19. The van der Waals surface area contributed by atoms with Crippen molar-refractivity contribution >= 4 is 0 Å². The maximum absolute atomic E-state index is 5.46. The zero-order chi connectivity index (χ0) is 16.9. The van der Waals surface area contributed by atoms with E-state index in [2.05, 4.69) is 48.0 Å². The molecule has 1 saturated heterocycles. The van der Waals surface area contributed by atoms with E-state index in [1.807, 2.05) is 6.07 Å². The summed E-state index contributed by atoms with van der Waals surface area (Å²) >= 11 is 0. The molecule has 3 rings (SSSR count). The molecule has 0 unspecified atom stereocenters. The van der Waals surface area contributed by atoms with Crippen molar-refractivity contribution in [3.8, 4) is 11.5 Å². The van der Waals surface area contributed by atoms with E-state index in [-0.39, 0.29) is 0 Å². The molecule has 0 amide bonds. The summed E-state index contributed by atoms with van der Waals surface area (Å²) in [5.74, 6) is 1.72. The number of ether oxygens (including phenoxy) is 2. The Bertz CT molecular complexity index is 527. The minimum absolute atomic E-state index is 0.331. The first-order valence-corrected chi connectivity index (χ1v) is 9.23. The van der Waals surface area contributed by atoms with E-state index in [9.17, 15) is 0 Å². The number of piperazine rings is 1. The summed E-state index contributed by atoms with van der Waals surface area (Å²) in [5.41, 5.74) is 1.25. The maximum atomic E-state index is 5.46. The smallest absolute Gasteiger partial charge is 0.231 e. The van der Waals surface area contributed by atoms with Crippen LogP contribution in [-0.4, -0.2) is 61.9 Å². The predicted molar refractivity (Wildman–Crippen MR) is 96.7 cm³/mol. The van der Waals surface area contributed by atoms with Gasteiger partial charge in [-0.05, 0) is 58.0 Å². The molecule has 1 atom stereocenters. The van der Waals surface area contributed by atoms with Crippen molar-refractivity contribution in [1.29, 1.82) is 0 Å². The van der Waals surface area contributed by atoms with Crippen molar-refractivity contribution in [2.45, 2.75) is 39.3 Å². The highest BCUT2D eigenvalue weighted by Crippen LogP contribution is 2.34. The van der Waals surface area contributed by atoms with Crippen LogP contribution in [0.1, 0.15) is 38.8 Å². The Morgan fingerprint density at radius 1 is 1.04 bits per heavy atom. The third kappa shape index (κ3) is 4.41. The first kappa shape index (κ1) is 17.5. The molecule has 5 nitrogen and oxygen atoms in total. The van der Waals surface area contributed by atoms with Gasteiger partial charge >= 0.3 is 0 Å². The van der Waals surface area contributed by atoms with Gasteiger partial charge in [0.2, 0.25) is 6.79 Å². The summed E-state index contributed by atoms with van der Waals surface area (Å²) in [5, 5.41) is 3.62. The Morgan fingerprint density at radius 2 is 1.79 bits per heavy atom. The number of hydrogen-bond donors (Lipinski definition) is 1. The lowest BCUT2D eigenvalue weighted by Gasteiger charge is -2.37. The molecule has 0 aromatic heterocycles. The van der Waals surface area contributed by atoms with Crippen LogP contribution in [0.25, 0.3) is 0 Å². The van der Waals surface area contributed by atoms with E-state index in [1.165, 1.54) is 44.7 Å². The van der Waals surface area contributed by atoms with Crippen LogP contribution in [0.2, 0.25) is 0 Å². The lowest BCUT2D eigenvalue weighted by Crippen LogP contribution is -2.49. The van der Waals surface area contributed by atoms with Gasteiger partial charge in [-0.25, -0.2) is 0 Å². The number of fused-ring (bicyclic) bond motifs is 1. The van der Waals surface area contributed by atoms with Crippen molar-refractivity contribution < 1.29 is 9.47 Å². The fraction of sp³-hybridized carbons (Fsp3) is 0.684. The SMILES string of the molecule is CC(C)N1CCN(CCCN[C@H](C)c2ccc3c(c2)OCO3)CC1. The van der Waals surface area contributed by atoms with E-state index in [0.29, 0.717) is 18.9 Å². The molecule has 2 aliphatic heterocycles. The first-order valence-electron chi connectivity index (χ1n) is 9.23. The Labute approximate surface area is 145 Å². The van der Waals surface area contributed by atoms with Crippen LogP contribution in [-0.2, 0) is 0 Å². The predicted octanol–water partition coefficient (Wildman–Crippen LogP) is 2.48. The minimum Gasteiger partial charge on any atom is -0.454 e. The number of benzene rings is 1. The molecule has 5 heteroatoms. The number of hydrogen-bond acceptors (Lipinski definition) is 5. The average molecular weight is 333 g/mol. The van der Waals surface area contributed by atoms with Gasteiger partial charge in [-0.2, -0.15) is 0 Å². The van der Waals surface area contributed by atoms with Gasteiger partial charge in [0.15, 0.2) is 11.5 Å². The van der Waals surface area contributed by atoms with Gasteiger partial charge in [-0.1, -0.05) is 6.07 Å². The Morgan fingerprint density at radius 3 is 2.54 bits per heavy atom. The molecule has 0 bridgehead atoms. The van der Waals surface area contributed by atoms with Gasteiger partial charge in [0.05, 0.1) is 0 Å². The van der Waals surface area contributed by atoms with Crippen LogP contribution < -0.4 is 14.8 Å². The number of nitrogens with one attached hydrogen (secondary N) is 1. The van der Waals surface area contributed by atoms with Gasteiger partial charge in [-0.3, -0.25) is 4.90 Å². The van der Waals surface area contributed by atoms with Crippen molar-refractivity contribution in [3.05, 3.63) is 23.8 Å². The molecule has 0 spiro atoms. The summed E-state index contributed by atoms with van der Waals surface area (Å²) in [6, 6.07) is 7.22. The molecule has 0 aliphatic carbocycles. The molecule has 0 saturated carbocycles. The largest absolute Gasteiger partial charge is 0.454 e. The van der Waals surface area contributed by atoms with E-state index in [4.69, 9.17) is 9.47 Å². The van der Waals surface area contributed by atoms with E-state index in [1.54, 1.807) is 0 Å². The van der Waals surface area contributed by atoms with Crippen LogP contribution in [0, 0.1) is 0 Å². The quantitative estimate of drug-likeness (QED) is 0.776. The van der Waals surface area contributed by atoms with Crippen LogP contribution in [0.15, 0.2) is 18.2 Å². The average Bonchev–Trinajstić information content (AvgIpc) is 3.06. The molecular formula is C19H31N3O2. The number of rotatable bonds is 7. The van der Waals surface area contributed by atoms with Crippen LogP contribution in [0.5, 0.6) is 11.5 Å². The molecule has 24 heavy (non-hydrogen) atoms. The molecule has 1 aromatic rings. The topological polar surface area (TPSA) is 37.0 Å². The second-order valence-corrected chi connectivity index (χ2v) is 7.11. The van der Waals surface area contributed by atoms with Crippen LogP contribution >= 0.6 is 0 Å². The van der Waals surface area contributed by atoms with Gasteiger partial charge in [0.1, 0.15) is 0 Å². The Balaban J connectivity index is 1.35. The molecule has 1 N–H and O–H groups in total. The van der Waals surface area contributed by atoms with Crippen molar-refractivity contribution in [1.82, 2.24) is 15.1 Å². The molecule has 0 radical (unpaired) electrons. The number of nitrogens with zero attached hydrogens (tertiary/aromatic N) is 2. The van der Waals surface area contributed by atoms with E-state index >= 15 is 0 Å². The van der Waals surface area contributed by atoms with Crippen LogP contribution in [0.4, 0.5) is 0 Å². The first-order chi connectivity index (χ1) is 11.6. The van der Waals surface area contributed by atoms with Crippen molar-refractivity contribution in [2.24, 2.45) is 0 Å². The fourth-order valence-corrected chi connectivity index (χ4v) is 3.42.